The van der Waals surface area contributed by atoms with Gasteiger partial charge in [-0.25, -0.2) is 4.98 Å². The fraction of sp³-hybridized carbons (Fsp3) is 0.611. The lowest BCUT2D eigenvalue weighted by Crippen LogP contribution is -2.41. The molecule has 5 nitrogen and oxygen atoms in total. The number of ether oxygens (including phenoxy) is 1. The van der Waals surface area contributed by atoms with E-state index in [1.54, 1.807) is 0 Å². The molecule has 2 aromatic rings. The monoisotopic (exact) mass is 328 g/mol. The minimum atomic E-state index is -0.394. The number of hydrogen-bond acceptors (Lipinski definition) is 4. The van der Waals surface area contributed by atoms with Crippen LogP contribution in [0.3, 0.4) is 0 Å². The van der Waals surface area contributed by atoms with Gasteiger partial charge in [-0.05, 0) is 53.0 Å². The molecule has 0 amide bonds. The molecule has 128 valence electrons. The van der Waals surface area contributed by atoms with Crippen molar-refractivity contribution >= 4 is 23.6 Å². The lowest BCUT2D eigenvalue weighted by Gasteiger charge is -2.32. The van der Waals surface area contributed by atoms with E-state index < -0.39 is 7.12 Å². The Hall–Kier alpha value is -1.37. The van der Waals surface area contributed by atoms with Gasteiger partial charge in [0.2, 0.25) is 0 Å². The van der Waals surface area contributed by atoms with Crippen molar-refractivity contribution in [2.75, 3.05) is 6.61 Å². The zero-order chi connectivity index (χ0) is 16.9. The summed E-state index contributed by atoms with van der Waals surface area (Å²) in [5.41, 5.74) is 2.30. The van der Waals surface area contributed by atoms with Crippen LogP contribution in [0.4, 0.5) is 0 Å². The van der Waals surface area contributed by atoms with E-state index in [-0.39, 0.29) is 17.4 Å². The van der Waals surface area contributed by atoms with E-state index in [1.165, 1.54) is 6.42 Å². The number of hydrogen-bond donors (Lipinski definition) is 0. The summed E-state index contributed by atoms with van der Waals surface area (Å²) in [4.78, 5) is 4.66. The van der Waals surface area contributed by atoms with Crippen LogP contribution in [0.25, 0.3) is 11.0 Å². The van der Waals surface area contributed by atoms with E-state index in [0.717, 1.165) is 35.9 Å². The lowest BCUT2D eigenvalue weighted by atomic mass is 9.78. The standard InChI is InChI=1S/C18H25BN2O3/c1-17(2)18(3,4)24-19(23-17)13-8-7-9-14-16(13)20-12-21(14)15-10-5-6-11-22-15/h7-9,12,15H,5-6,10-11H2,1-4H3. The number of para-hydroxylation sites is 1. The molecule has 2 fully saturated rings. The second kappa shape index (κ2) is 5.58. The van der Waals surface area contributed by atoms with Gasteiger partial charge in [-0.15, -0.1) is 0 Å². The molecule has 24 heavy (non-hydrogen) atoms. The second-order valence-corrected chi connectivity index (χ2v) is 7.78. The summed E-state index contributed by atoms with van der Waals surface area (Å²) < 4.78 is 20.5. The molecule has 0 spiro atoms. The molecule has 2 aliphatic heterocycles. The summed E-state index contributed by atoms with van der Waals surface area (Å²) in [6, 6.07) is 6.18. The molecule has 1 atom stereocenters. The second-order valence-electron chi connectivity index (χ2n) is 7.78. The van der Waals surface area contributed by atoms with Gasteiger partial charge in [0.05, 0.1) is 28.6 Å². The van der Waals surface area contributed by atoms with Crippen molar-refractivity contribution < 1.29 is 14.0 Å². The van der Waals surface area contributed by atoms with Crippen LogP contribution in [0, 0.1) is 0 Å². The number of fused-ring (bicyclic) bond motifs is 1. The third kappa shape index (κ3) is 2.48. The predicted molar refractivity (Wildman–Crippen MR) is 94.3 cm³/mol. The lowest BCUT2D eigenvalue weighted by molar-refractivity contribution is -0.0295. The summed E-state index contributed by atoms with van der Waals surface area (Å²) in [5.74, 6) is 0. The molecule has 1 unspecified atom stereocenters. The van der Waals surface area contributed by atoms with Gasteiger partial charge >= 0.3 is 7.12 Å². The van der Waals surface area contributed by atoms with Gasteiger partial charge in [0.1, 0.15) is 6.23 Å². The van der Waals surface area contributed by atoms with Crippen molar-refractivity contribution in [3.63, 3.8) is 0 Å². The summed E-state index contributed by atoms with van der Waals surface area (Å²) in [5, 5.41) is 0. The number of nitrogens with zero attached hydrogens (tertiary/aromatic N) is 2. The fourth-order valence-corrected chi connectivity index (χ4v) is 3.41. The molecule has 6 heteroatoms. The van der Waals surface area contributed by atoms with Crippen molar-refractivity contribution in [1.82, 2.24) is 9.55 Å². The minimum Gasteiger partial charge on any atom is -0.399 e. The smallest absolute Gasteiger partial charge is 0.399 e. The maximum absolute atomic E-state index is 6.21. The van der Waals surface area contributed by atoms with Crippen molar-refractivity contribution in [1.29, 1.82) is 0 Å². The van der Waals surface area contributed by atoms with E-state index in [4.69, 9.17) is 14.0 Å². The molecule has 0 N–H and O–H groups in total. The first-order valence-electron chi connectivity index (χ1n) is 8.82. The average Bonchev–Trinajstić information content (AvgIpc) is 3.06. The summed E-state index contributed by atoms with van der Waals surface area (Å²) in [6.07, 6.45) is 5.34. The van der Waals surface area contributed by atoms with Gasteiger partial charge in [-0.2, -0.15) is 0 Å². The fourth-order valence-electron chi connectivity index (χ4n) is 3.41. The number of aromatic nitrogens is 2. The van der Waals surface area contributed by atoms with E-state index in [2.05, 4.69) is 43.3 Å². The summed E-state index contributed by atoms with van der Waals surface area (Å²) in [6.45, 7) is 9.10. The van der Waals surface area contributed by atoms with Crippen LogP contribution < -0.4 is 5.46 Å². The van der Waals surface area contributed by atoms with Crippen LogP contribution in [0.1, 0.15) is 53.2 Å². The molecule has 1 aromatic heterocycles. The highest BCUT2D eigenvalue weighted by Crippen LogP contribution is 2.37. The van der Waals surface area contributed by atoms with Crippen LogP contribution in [-0.2, 0) is 14.0 Å². The molecule has 0 radical (unpaired) electrons. The Kier molecular flexibility index (Phi) is 3.75. The number of imidazole rings is 1. The topological polar surface area (TPSA) is 45.5 Å². The predicted octanol–water partition coefficient (Wildman–Crippen LogP) is 3.03. The van der Waals surface area contributed by atoms with E-state index in [9.17, 15) is 0 Å². The van der Waals surface area contributed by atoms with Crippen molar-refractivity contribution in [2.45, 2.75) is 64.4 Å². The van der Waals surface area contributed by atoms with Gasteiger partial charge in [0.25, 0.3) is 0 Å². The molecule has 3 heterocycles. The van der Waals surface area contributed by atoms with Gasteiger partial charge in [0, 0.05) is 12.1 Å². The zero-order valence-electron chi connectivity index (χ0n) is 14.9. The first kappa shape index (κ1) is 16.1. The van der Waals surface area contributed by atoms with Crippen LogP contribution in [0.5, 0.6) is 0 Å². The Balaban J connectivity index is 1.72. The summed E-state index contributed by atoms with van der Waals surface area (Å²) >= 11 is 0. The van der Waals surface area contributed by atoms with Gasteiger partial charge in [-0.1, -0.05) is 12.1 Å². The van der Waals surface area contributed by atoms with Gasteiger partial charge < -0.3 is 18.6 Å². The highest BCUT2D eigenvalue weighted by molar-refractivity contribution is 6.64. The Morgan fingerprint density at radius 3 is 2.54 bits per heavy atom. The largest absolute Gasteiger partial charge is 0.497 e. The molecule has 2 aliphatic rings. The van der Waals surface area contributed by atoms with Crippen molar-refractivity contribution in [3.05, 3.63) is 24.5 Å². The molecule has 0 aliphatic carbocycles. The van der Waals surface area contributed by atoms with Crippen LogP contribution in [-0.4, -0.2) is 34.5 Å². The first-order valence-corrected chi connectivity index (χ1v) is 8.82. The Bertz CT molecular complexity index is 734. The number of rotatable bonds is 2. The maximum Gasteiger partial charge on any atom is 0.497 e. The van der Waals surface area contributed by atoms with Crippen molar-refractivity contribution in [3.8, 4) is 0 Å². The Morgan fingerprint density at radius 1 is 1.12 bits per heavy atom. The highest BCUT2D eigenvalue weighted by atomic mass is 16.7. The number of benzene rings is 1. The maximum atomic E-state index is 6.21. The van der Waals surface area contributed by atoms with E-state index >= 15 is 0 Å². The quantitative estimate of drug-likeness (QED) is 0.795. The molecule has 1 aromatic carbocycles. The third-order valence-corrected chi connectivity index (χ3v) is 5.61. The molecule has 0 saturated carbocycles. The van der Waals surface area contributed by atoms with Gasteiger partial charge in [-0.3, -0.25) is 0 Å². The minimum absolute atomic E-state index is 0.0808. The normalized spacial score (nSPS) is 26.2. The van der Waals surface area contributed by atoms with E-state index in [1.807, 2.05) is 18.5 Å². The van der Waals surface area contributed by atoms with Crippen LogP contribution in [0.2, 0.25) is 0 Å². The Labute approximate surface area is 143 Å². The third-order valence-electron chi connectivity index (χ3n) is 5.61. The molecule has 4 rings (SSSR count). The SMILES string of the molecule is CC1(C)OB(c2cccc3c2ncn3C2CCCCO2)OC1(C)C. The molecule has 0 bridgehead atoms. The van der Waals surface area contributed by atoms with Crippen LogP contribution >= 0.6 is 0 Å². The van der Waals surface area contributed by atoms with Crippen molar-refractivity contribution in [2.24, 2.45) is 0 Å². The highest BCUT2D eigenvalue weighted by Gasteiger charge is 2.52. The molecular formula is C18H25BN2O3. The molecule has 2 saturated heterocycles. The summed E-state index contributed by atoms with van der Waals surface area (Å²) in [7, 11) is -0.394. The van der Waals surface area contributed by atoms with Crippen LogP contribution in [0.15, 0.2) is 24.5 Å². The zero-order valence-corrected chi connectivity index (χ0v) is 14.9. The average molecular weight is 328 g/mol. The first-order chi connectivity index (χ1) is 11.4. The van der Waals surface area contributed by atoms with E-state index in [0.29, 0.717) is 0 Å². The Morgan fingerprint density at radius 2 is 1.88 bits per heavy atom. The molecular weight excluding hydrogens is 303 g/mol. The van der Waals surface area contributed by atoms with Gasteiger partial charge in [0.15, 0.2) is 0 Å².